The minimum Gasteiger partial charge on any atom is -0.348 e. The second-order valence-corrected chi connectivity index (χ2v) is 7.26. The highest BCUT2D eigenvalue weighted by Gasteiger charge is 2.15. The highest BCUT2D eigenvalue weighted by Crippen LogP contribution is 2.20. The van der Waals surface area contributed by atoms with Crippen LogP contribution in [0.15, 0.2) is 77.7 Å². The highest BCUT2D eigenvalue weighted by molar-refractivity contribution is 7.86. The lowest BCUT2D eigenvalue weighted by Crippen LogP contribution is -2.24. The normalized spacial score (nSPS) is 11.6. The van der Waals surface area contributed by atoms with Crippen LogP contribution < -0.4 is 10.0 Å². The fourth-order valence-electron chi connectivity index (χ4n) is 2.49. The lowest BCUT2D eigenvalue weighted by atomic mass is 10.1. The topological polar surface area (TPSA) is 58.2 Å². The Morgan fingerprint density at radius 3 is 2.41 bits per heavy atom. The smallest absolute Gasteiger partial charge is 0.253 e. The van der Waals surface area contributed by atoms with E-state index >= 15 is 0 Å². The molecule has 3 aromatic rings. The maximum absolute atomic E-state index is 13.7. The predicted octanol–water partition coefficient (Wildman–Crippen LogP) is 4.20. The first kappa shape index (κ1) is 18.8. The van der Waals surface area contributed by atoms with Gasteiger partial charge in [-0.3, -0.25) is 4.79 Å². The maximum atomic E-state index is 13.7. The quantitative estimate of drug-likeness (QED) is 0.671. The number of hydrogen-bond donors (Lipinski definition) is 2. The van der Waals surface area contributed by atoms with Gasteiger partial charge >= 0.3 is 0 Å². The molecule has 0 aliphatic carbocycles. The summed E-state index contributed by atoms with van der Waals surface area (Å²) in [5.41, 5.74) is 2.39. The van der Waals surface area contributed by atoms with Gasteiger partial charge in [0.1, 0.15) is 16.8 Å². The lowest BCUT2D eigenvalue weighted by Gasteiger charge is -2.12. The summed E-state index contributed by atoms with van der Waals surface area (Å²) in [5.74, 6) is -0.978. The molecule has 1 unspecified atom stereocenters. The molecule has 2 N–H and O–H groups in total. The van der Waals surface area contributed by atoms with Crippen LogP contribution in [0.25, 0.3) is 0 Å². The third kappa shape index (κ3) is 5.01. The van der Waals surface area contributed by atoms with Gasteiger partial charge in [-0.15, -0.1) is 0 Å². The number of carbonyl (C=O) groups is 1. The van der Waals surface area contributed by atoms with Crippen molar-refractivity contribution in [2.45, 2.75) is 18.4 Å². The summed E-state index contributed by atoms with van der Waals surface area (Å²) in [6.45, 7) is 2.26. The molecule has 3 aromatic carbocycles. The van der Waals surface area contributed by atoms with Crippen molar-refractivity contribution in [3.8, 4) is 0 Å². The Morgan fingerprint density at radius 2 is 1.70 bits per heavy atom. The molecule has 1 atom stereocenters. The number of aryl methyl sites for hydroxylation is 1. The molecule has 0 fully saturated rings. The van der Waals surface area contributed by atoms with Crippen LogP contribution >= 0.6 is 0 Å². The Bertz CT molecular complexity index is 960. The molecule has 4 nitrogen and oxygen atoms in total. The lowest BCUT2D eigenvalue weighted by molar-refractivity contribution is 0.0951. The molecule has 1 amide bonds. The van der Waals surface area contributed by atoms with Crippen molar-refractivity contribution < 1.29 is 13.4 Å². The molecule has 3 rings (SSSR count). The Kier molecular flexibility index (Phi) is 5.98. The molecular formula is C21H19FN2O2S. The van der Waals surface area contributed by atoms with Crippen LogP contribution in [-0.2, 0) is 17.5 Å². The molecule has 0 heterocycles. The number of anilines is 1. The number of hydrogen-bond acceptors (Lipinski definition) is 2. The fourth-order valence-corrected chi connectivity index (χ4v) is 3.37. The van der Waals surface area contributed by atoms with Gasteiger partial charge in [0.05, 0.1) is 16.1 Å². The van der Waals surface area contributed by atoms with Gasteiger partial charge in [0.15, 0.2) is 0 Å². The van der Waals surface area contributed by atoms with E-state index in [0.717, 1.165) is 17.2 Å². The van der Waals surface area contributed by atoms with E-state index in [1.165, 1.54) is 12.1 Å². The molecule has 0 aliphatic heterocycles. The van der Waals surface area contributed by atoms with Gasteiger partial charge in [-0.25, -0.2) is 8.60 Å². The predicted molar refractivity (Wildman–Crippen MR) is 105 cm³/mol. The number of benzene rings is 3. The molecular weight excluding hydrogens is 363 g/mol. The molecule has 6 heteroatoms. The van der Waals surface area contributed by atoms with Crippen LogP contribution in [0.3, 0.4) is 0 Å². The van der Waals surface area contributed by atoms with Crippen molar-refractivity contribution in [2.75, 3.05) is 4.72 Å². The second-order valence-electron chi connectivity index (χ2n) is 6.04. The van der Waals surface area contributed by atoms with E-state index < -0.39 is 22.7 Å². The Morgan fingerprint density at radius 1 is 1.00 bits per heavy atom. The van der Waals surface area contributed by atoms with Crippen LogP contribution in [-0.4, -0.2) is 10.1 Å². The molecule has 0 aliphatic rings. The third-order valence-electron chi connectivity index (χ3n) is 3.96. The van der Waals surface area contributed by atoms with E-state index in [9.17, 15) is 13.4 Å². The van der Waals surface area contributed by atoms with Gasteiger partial charge < -0.3 is 10.0 Å². The minimum atomic E-state index is -1.57. The van der Waals surface area contributed by atoms with E-state index in [1.54, 1.807) is 12.1 Å². The second kappa shape index (κ2) is 8.60. The summed E-state index contributed by atoms with van der Waals surface area (Å²) in [6.07, 6.45) is 0. The largest absolute Gasteiger partial charge is 0.348 e. The summed E-state index contributed by atoms with van der Waals surface area (Å²) < 4.78 is 29.0. The SMILES string of the molecule is Cc1ccc(S(=O)Nc2ccc(F)cc2C(=O)NCc2ccccc2)cc1. The molecule has 0 saturated heterocycles. The monoisotopic (exact) mass is 382 g/mol. The first-order valence-corrected chi connectivity index (χ1v) is 9.55. The van der Waals surface area contributed by atoms with E-state index in [4.69, 9.17) is 0 Å². The molecule has 0 aromatic heterocycles. The zero-order valence-corrected chi connectivity index (χ0v) is 15.6. The molecule has 27 heavy (non-hydrogen) atoms. The molecule has 0 radical (unpaired) electrons. The number of amides is 1. The average Bonchev–Trinajstić information content (AvgIpc) is 2.68. The summed E-state index contributed by atoms with van der Waals surface area (Å²) >= 11 is 0. The van der Waals surface area contributed by atoms with E-state index in [0.29, 0.717) is 17.1 Å². The van der Waals surface area contributed by atoms with E-state index in [2.05, 4.69) is 10.0 Å². The maximum Gasteiger partial charge on any atom is 0.253 e. The summed E-state index contributed by atoms with van der Waals surface area (Å²) in [4.78, 5) is 13.1. The van der Waals surface area contributed by atoms with Crippen LogP contribution in [0.4, 0.5) is 10.1 Å². The Labute approximate surface area is 160 Å². The van der Waals surface area contributed by atoms with E-state index in [-0.39, 0.29) is 5.56 Å². The Balaban J connectivity index is 1.77. The average molecular weight is 382 g/mol. The number of rotatable bonds is 6. The van der Waals surface area contributed by atoms with Gasteiger partial charge in [-0.2, -0.15) is 0 Å². The zero-order valence-electron chi connectivity index (χ0n) is 14.7. The summed E-state index contributed by atoms with van der Waals surface area (Å²) in [5, 5.41) is 2.76. The zero-order chi connectivity index (χ0) is 19.2. The van der Waals surface area contributed by atoms with Gasteiger partial charge in [-0.05, 0) is 42.8 Å². The summed E-state index contributed by atoms with van der Waals surface area (Å²) in [6, 6.07) is 20.4. The molecule has 138 valence electrons. The molecule has 0 spiro atoms. The van der Waals surface area contributed by atoms with Crippen molar-refractivity contribution in [3.05, 3.63) is 95.3 Å². The third-order valence-corrected chi connectivity index (χ3v) is 5.07. The fraction of sp³-hybridized carbons (Fsp3) is 0.0952. The number of halogens is 1. The van der Waals surface area contributed by atoms with Crippen molar-refractivity contribution >= 4 is 22.6 Å². The first-order valence-electron chi connectivity index (χ1n) is 8.40. The minimum absolute atomic E-state index is 0.103. The van der Waals surface area contributed by atoms with Gasteiger partial charge in [-0.1, -0.05) is 48.0 Å². The van der Waals surface area contributed by atoms with Crippen molar-refractivity contribution in [1.82, 2.24) is 5.32 Å². The summed E-state index contributed by atoms with van der Waals surface area (Å²) in [7, 11) is -1.57. The number of carbonyl (C=O) groups excluding carboxylic acids is 1. The van der Waals surface area contributed by atoms with Crippen molar-refractivity contribution in [3.63, 3.8) is 0 Å². The van der Waals surface area contributed by atoms with Gasteiger partial charge in [0.25, 0.3) is 5.91 Å². The molecule has 0 saturated carbocycles. The van der Waals surface area contributed by atoms with Crippen LogP contribution in [0, 0.1) is 12.7 Å². The highest BCUT2D eigenvalue weighted by atomic mass is 32.2. The van der Waals surface area contributed by atoms with Crippen LogP contribution in [0.5, 0.6) is 0 Å². The van der Waals surface area contributed by atoms with Crippen molar-refractivity contribution in [2.24, 2.45) is 0 Å². The van der Waals surface area contributed by atoms with Gasteiger partial charge in [0.2, 0.25) is 0 Å². The van der Waals surface area contributed by atoms with Crippen molar-refractivity contribution in [1.29, 1.82) is 0 Å². The Hall–Kier alpha value is -2.99. The first-order chi connectivity index (χ1) is 13.0. The number of nitrogens with one attached hydrogen (secondary N) is 2. The van der Waals surface area contributed by atoms with Crippen LogP contribution in [0.2, 0.25) is 0 Å². The molecule has 0 bridgehead atoms. The van der Waals surface area contributed by atoms with E-state index in [1.807, 2.05) is 49.4 Å². The van der Waals surface area contributed by atoms with Gasteiger partial charge in [0, 0.05) is 6.54 Å². The van der Waals surface area contributed by atoms with Crippen LogP contribution in [0.1, 0.15) is 21.5 Å². The standard InChI is InChI=1S/C21H19FN2O2S/c1-15-7-10-18(11-8-15)27(26)24-20-12-9-17(22)13-19(20)21(25)23-14-16-5-3-2-4-6-16/h2-13,24H,14H2,1H3,(H,23,25).